The fourth-order valence-corrected chi connectivity index (χ4v) is 4.14. The summed E-state index contributed by atoms with van der Waals surface area (Å²) >= 11 is 3.05. The van der Waals surface area contributed by atoms with Crippen molar-refractivity contribution >= 4 is 34.6 Å². The number of thiophene rings is 1. The molecule has 3 rings (SSSR count). The van der Waals surface area contributed by atoms with Crippen molar-refractivity contribution < 1.29 is 9.36 Å². The third kappa shape index (κ3) is 2.65. The number of carbonyl (C=O) groups excluding carboxylic acids is 1. The van der Waals surface area contributed by atoms with Gasteiger partial charge in [-0.2, -0.15) is 4.57 Å². The highest BCUT2D eigenvalue weighted by molar-refractivity contribution is 8.00. The van der Waals surface area contributed by atoms with Crippen molar-refractivity contribution in [3.63, 3.8) is 0 Å². The molecule has 0 saturated carbocycles. The maximum atomic E-state index is 12.7. The molecular formula is C17H15N2OS2+. The number of thioether (sulfide) groups is 1. The van der Waals surface area contributed by atoms with Crippen LogP contribution >= 0.6 is 23.1 Å². The van der Waals surface area contributed by atoms with Gasteiger partial charge in [0.1, 0.15) is 14.8 Å². The number of anilines is 1. The Kier molecular flexibility index (Phi) is 4.27. The van der Waals surface area contributed by atoms with Gasteiger partial charge in [-0.05, 0) is 6.26 Å². The van der Waals surface area contributed by atoms with E-state index in [0.29, 0.717) is 16.1 Å². The third-order valence-corrected chi connectivity index (χ3v) is 5.59. The van der Waals surface area contributed by atoms with E-state index in [2.05, 4.69) is 0 Å². The lowest BCUT2D eigenvalue weighted by atomic mass is 10.1. The first-order valence-corrected chi connectivity index (χ1v) is 8.79. The lowest BCUT2D eigenvalue weighted by Crippen LogP contribution is -2.30. The number of carbonyl (C=O) groups is 1. The molecule has 2 aromatic heterocycles. The molecule has 0 aliphatic carbocycles. The Balaban J connectivity index is 2.12. The number of hydrogen-bond acceptors (Lipinski definition) is 4. The second-order valence-electron chi connectivity index (χ2n) is 4.66. The van der Waals surface area contributed by atoms with Crippen LogP contribution in [0.1, 0.15) is 15.2 Å². The topological polar surface area (TPSA) is 47.0 Å². The number of pyridine rings is 1. The summed E-state index contributed by atoms with van der Waals surface area (Å²) in [5.74, 6) is -0.0267. The largest absolute Gasteiger partial charge is 0.392 e. The Bertz CT molecular complexity index is 798. The van der Waals surface area contributed by atoms with E-state index >= 15 is 0 Å². The normalized spacial score (nSPS) is 10.6. The minimum absolute atomic E-state index is 0.0267. The summed E-state index contributed by atoms with van der Waals surface area (Å²) < 4.78 is 2.99. The molecule has 1 aromatic carbocycles. The minimum atomic E-state index is -0.0267. The predicted molar refractivity (Wildman–Crippen MR) is 91.9 cm³/mol. The maximum absolute atomic E-state index is 12.7. The van der Waals surface area contributed by atoms with Gasteiger partial charge in [-0.25, -0.2) is 0 Å². The van der Waals surface area contributed by atoms with Crippen molar-refractivity contribution in [1.29, 1.82) is 0 Å². The smallest absolute Gasteiger partial charge is 0.259 e. The van der Waals surface area contributed by atoms with Gasteiger partial charge in [0.2, 0.25) is 5.78 Å². The molecule has 0 aliphatic rings. The molecule has 0 aliphatic heterocycles. The van der Waals surface area contributed by atoms with E-state index < -0.39 is 0 Å². The van der Waals surface area contributed by atoms with Crippen molar-refractivity contribution in [3.8, 4) is 5.69 Å². The van der Waals surface area contributed by atoms with E-state index in [1.807, 2.05) is 71.7 Å². The van der Waals surface area contributed by atoms with Crippen LogP contribution in [0.5, 0.6) is 0 Å². The molecule has 3 aromatic rings. The van der Waals surface area contributed by atoms with Crippen LogP contribution < -0.4 is 10.3 Å². The zero-order valence-electron chi connectivity index (χ0n) is 12.0. The van der Waals surface area contributed by atoms with Gasteiger partial charge in [0.25, 0.3) is 5.69 Å². The first-order valence-electron chi connectivity index (χ1n) is 6.75. The molecule has 22 heavy (non-hydrogen) atoms. The van der Waals surface area contributed by atoms with E-state index in [-0.39, 0.29) is 5.78 Å². The molecule has 0 amide bonds. The van der Waals surface area contributed by atoms with Crippen molar-refractivity contribution in [2.75, 3.05) is 12.0 Å². The van der Waals surface area contributed by atoms with Crippen LogP contribution in [-0.4, -0.2) is 12.0 Å². The Morgan fingerprint density at radius 2 is 1.73 bits per heavy atom. The standard InChI is InChI=1S/C17H14N2OS2/c1-21-17-14(19-10-6-3-7-11-19)13(18)16(22-17)15(20)12-8-4-2-5-9-12/h2-11H,1H3,(H-,18,20)/p+1. The minimum Gasteiger partial charge on any atom is -0.392 e. The molecule has 110 valence electrons. The Morgan fingerprint density at radius 3 is 2.36 bits per heavy atom. The number of benzene rings is 1. The molecule has 0 saturated heterocycles. The van der Waals surface area contributed by atoms with Gasteiger partial charge in [-0.15, -0.1) is 23.1 Å². The fourth-order valence-electron chi connectivity index (χ4n) is 2.23. The van der Waals surface area contributed by atoms with E-state index in [9.17, 15) is 4.79 Å². The van der Waals surface area contributed by atoms with Gasteiger partial charge >= 0.3 is 0 Å². The zero-order chi connectivity index (χ0) is 15.5. The summed E-state index contributed by atoms with van der Waals surface area (Å²) in [5.41, 5.74) is 8.39. The Hall–Kier alpha value is -2.11. The number of nitrogen functional groups attached to an aromatic ring is 1. The monoisotopic (exact) mass is 327 g/mol. The number of rotatable bonds is 4. The van der Waals surface area contributed by atoms with Gasteiger partial charge in [-0.3, -0.25) is 4.79 Å². The first-order chi connectivity index (χ1) is 10.7. The van der Waals surface area contributed by atoms with Crippen LogP contribution in [0.15, 0.2) is 65.1 Å². The van der Waals surface area contributed by atoms with Crippen molar-refractivity contribution in [2.45, 2.75) is 4.21 Å². The van der Waals surface area contributed by atoms with Crippen molar-refractivity contribution in [1.82, 2.24) is 0 Å². The van der Waals surface area contributed by atoms with Crippen LogP contribution in [0.4, 0.5) is 5.69 Å². The average Bonchev–Trinajstić information content (AvgIpc) is 2.92. The van der Waals surface area contributed by atoms with Crippen molar-refractivity contribution in [2.24, 2.45) is 0 Å². The van der Waals surface area contributed by atoms with Gasteiger partial charge in [-0.1, -0.05) is 36.4 Å². The first kappa shape index (κ1) is 14.8. The molecular weight excluding hydrogens is 312 g/mol. The van der Waals surface area contributed by atoms with Gasteiger partial charge in [0, 0.05) is 17.7 Å². The van der Waals surface area contributed by atoms with Crippen LogP contribution in [0, 0.1) is 0 Å². The SMILES string of the molecule is CSc1sc(C(=O)c2ccccc2)c(N)c1-[n+]1ccccc1. The maximum Gasteiger partial charge on any atom is 0.259 e. The molecule has 2 N–H and O–H groups in total. The summed E-state index contributed by atoms with van der Waals surface area (Å²) in [4.78, 5) is 13.3. The van der Waals surface area contributed by atoms with Gasteiger partial charge < -0.3 is 5.73 Å². The highest BCUT2D eigenvalue weighted by atomic mass is 32.2. The number of hydrogen-bond donors (Lipinski definition) is 1. The third-order valence-electron chi connectivity index (χ3n) is 3.29. The molecule has 3 nitrogen and oxygen atoms in total. The summed E-state index contributed by atoms with van der Waals surface area (Å²) in [5, 5.41) is 0. The van der Waals surface area contributed by atoms with E-state index in [0.717, 1.165) is 9.90 Å². The molecule has 0 fully saturated rings. The molecule has 0 bridgehead atoms. The highest BCUT2D eigenvalue weighted by Crippen LogP contribution is 2.38. The second kappa shape index (κ2) is 6.34. The van der Waals surface area contributed by atoms with E-state index in [1.165, 1.54) is 11.3 Å². The van der Waals surface area contributed by atoms with Crippen LogP contribution in [0.25, 0.3) is 5.69 Å². The molecule has 0 spiro atoms. The van der Waals surface area contributed by atoms with Gasteiger partial charge in [0.15, 0.2) is 12.4 Å². The number of ketones is 1. The summed E-state index contributed by atoms with van der Waals surface area (Å²) in [7, 11) is 0. The predicted octanol–water partition coefficient (Wildman–Crippen LogP) is 3.56. The highest BCUT2D eigenvalue weighted by Gasteiger charge is 2.27. The van der Waals surface area contributed by atoms with Gasteiger partial charge in [0.05, 0.1) is 0 Å². The number of aromatic nitrogens is 1. The van der Waals surface area contributed by atoms with Crippen LogP contribution in [0.2, 0.25) is 0 Å². The zero-order valence-corrected chi connectivity index (χ0v) is 13.7. The molecule has 5 heteroatoms. The quantitative estimate of drug-likeness (QED) is 0.453. The van der Waals surface area contributed by atoms with Crippen LogP contribution in [-0.2, 0) is 0 Å². The Labute approximate surface area is 137 Å². The van der Waals surface area contributed by atoms with E-state index in [4.69, 9.17) is 5.73 Å². The summed E-state index contributed by atoms with van der Waals surface area (Å²) in [6, 6.07) is 15.1. The molecule has 0 atom stereocenters. The second-order valence-corrected chi connectivity index (χ2v) is 6.76. The summed E-state index contributed by atoms with van der Waals surface area (Å²) in [6.45, 7) is 0. The fraction of sp³-hybridized carbons (Fsp3) is 0.0588. The number of nitrogens with zero attached hydrogens (tertiary/aromatic N) is 1. The Morgan fingerprint density at radius 1 is 1.09 bits per heavy atom. The van der Waals surface area contributed by atoms with Crippen molar-refractivity contribution in [3.05, 3.63) is 71.4 Å². The lowest BCUT2D eigenvalue weighted by molar-refractivity contribution is -0.596. The molecule has 0 radical (unpaired) electrons. The van der Waals surface area contributed by atoms with Crippen LogP contribution in [0.3, 0.4) is 0 Å². The average molecular weight is 327 g/mol. The molecule has 0 unspecified atom stereocenters. The van der Waals surface area contributed by atoms with E-state index in [1.54, 1.807) is 11.8 Å². The molecule has 2 heterocycles. The number of nitrogens with two attached hydrogens (primary N) is 1. The summed E-state index contributed by atoms with van der Waals surface area (Å²) in [6.07, 6.45) is 5.87. The lowest BCUT2D eigenvalue weighted by Gasteiger charge is -1.99.